The predicted molar refractivity (Wildman–Crippen MR) is 65.1 cm³/mol. The van der Waals surface area contributed by atoms with Gasteiger partial charge >= 0.3 is 0 Å². The lowest BCUT2D eigenvalue weighted by Crippen LogP contribution is -2.32. The van der Waals surface area contributed by atoms with E-state index >= 15 is 0 Å². The zero-order valence-corrected chi connectivity index (χ0v) is 10.8. The first-order valence-corrected chi connectivity index (χ1v) is 6.72. The highest BCUT2D eigenvalue weighted by Crippen LogP contribution is 2.44. The first-order chi connectivity index (χ1) is 7.14. The third-order valence-corrected chi connectivity index (χ3v) is 4.46. The quantitative estimate of drug-likeness (QED) is 0.635. The van der Waals surface area contributed by atoms with Crippen LogP contribution in [0.15, 0.2) is 0 Å². The molecule has 0 aromatic rings. The Labute approximate surface area is 98.6 Å². The maximum Gasteiger partial charge on any atom is 0.227 e. The Morgan fingerprint density at radius 3 is 2.13 bits per heavy atom. The molecule has 0 bridgehead atoms. The summed E-state index contributed by atoms with van der Waals surface area (Å²) in [6.07, 6.45) is 9.02. The summed E-state index contributed by atoms with van der Waals surface area (Å²) in [4.78, 5) is 11.7. The highest BCUT2D eigenvalue weighted by molar-refractivity contribution is 6.64. The van der Waals surface area contributed by atoms with E-state index in [0.717, 1.165) is 19.3 Å². The molecule has 1 aliphatic rings. The fraction of sp³-hybridized carbons (Fsp3) is 0.923. The molecule has 0 aromatic heterocycles. The van der Waals surface area contributed by atoms with Gasteiger partial charge in [-0.2, -0.15) is 0 Å². The molecule has 2 heteroatoms. The fourth-order valence-corrected chi connectivity index (χ4v) is 3.11. The van der Waals surface area contributed by atoms with Gasteiger partial charge in [-0.15, -0.1) is 0 Å². The molecule has 88 valence electrons. The molecule has 0 spiro atoms. The Bertz CT molecular complexity index is 203. The second kappa shape index (κ2) is 5.89. The van der Waals surface area contributed by atoms with Gasteiger partial charge in [0.15, 0.2) is 0 Å². The van der Waals surface area contributed by atoms with E-state index in [1.54, 1.807) is 0 Å². The molecule has 0 unspecified atom stereocenters. The van der Waals surface area contributed by atoms with E-state index in [2.05, 4.69) is 13.8 Å². The molecule has 0 atom stereocenters. The number of rotatable bonds is 5. The van der Waals surface area contributed by atoms with Crippen molar-refractivity contribution in [3.05, 3.63) is 0 Å². The average molecular weight is 231 g/mol. The summed E-state index contributed by atoms with van der Waals surface area (Å²) in [5, 5.41) is -0.0749. The number of carbonyl (C=O) groups is 1. The van der Waals surface area contributed by atoms with Gasteiger partial charge in [-0.1, -0.05) is 46.0 Å². The zero-order chi connectivity index (χ0) is 11.3. The monoisotopic (exact) mass is 230 g/mol. The molecule has 1 nitrogen and oxygen atoms in total. The maximum absolute atomic E-state index is 11.7. The second-order valence-corrected chi connectivity index (χ2v) is 5.34. The molecular formula is C13H23ClO. The molecule has 15 heavy (non-hydrogen) atoms. The molecule has 0 aromatic carbocycles. The lowest BCUT2D eigenvalue weighted by Gasteiger charge is -2.36. The minimum atomic E-state index is -0.170. The molecule has 1 rings (SSSR count). The lowest BCUT2D eigenvalue weighted by molar-refractivity contribution is -0.123. The van der Waals surface area contributed by atoms with Gasteiger partial charge in [0.25, 0.3) is 0 Å². The van der Waals surface area contributed by atoms with Gasteiger partial charge in [-0.3, -0.25) is 4.79 Å². The number of hydrogen-bond acceptors (Lipinski definition) is 1. The van der Waals surface area contributed by atoms with Crippen LogP contribution in [-0.4, -0.2) is 5.24 Å². The van der Waals surface area contributed by atoms with E-state index in [0.29, 0.717) is 5.92 Å². The van der Waals surface area contributed by atoms with Crippen molar-refractivity contribution in [2.24, 2.45) is 11.3 Å². The molecule has 0 aliphatic heterocycles. The summed E-state index contributed by atoms with van der Waals surface area (Å²) < 4.78 is 0. The SMILES string of the molecule is CCC(CC)CC1(C(=O)Cl)CCCCC1. The van der Waals surface area contributed by atoms with Crippen LogP contribution in [0.3, 0.4) is 0 Å². The van der Waals surface area contributed by atoms with Crippen LogP contribution in [0.25, 0.3) is 0 Å². The third kappa shape index (κ3) is 3.21. The van der Waals surface area contributed by atoms with Crippen LogP contribution < -0.4 is 0 Å². The Morgan fingerprint density at radius 2 is 1.73 bits per heavy atom. The van der Waals surface area contributed by atoms with Crippen molar-refractivity contribution >= 4 is 16.8 Å². The van der Waals surface area contributed by atoms with Gasteiger partial charge in [-0.05, 0) is 36.8 Å². The summed E-state index contributed by atoms with van der Waals surface area (Å²) in [6.45, 7) is 4.42. The van der Waals surface area contributed by atoms with Crippen LogP contribution in [0.1, 0.15) is 65.2 Å². The molecule has 0 amide bonds. The van der Waals surface area contributed by atoms with Gasteiger partial charge < -0.3 is 0 Å². The van der Waals surface area contributed by atoms with Gasteiger partial charge in [0.2, 0.25) is 5.24 Å². The van der Waals surface area contributed by atoms with Crippen molar-refractivity contribution in [3.63, 3.8) is 0 Å². The molecule has 0 N–H and O–H groups in total. The Morgan fingerprint density at radius 1 is 1.20 bits per heavy atom. The molecule has 0 radical (unpaired) electrons. The molecule has 0 heterocycles. The Hall–Kier alpha value is -0.0400. The van der Waals surface area contributed by atoms with Crippen LogP contribution in [0, 0.1) is 11.3 Å². The fourth-order valence-electron chi connectivity index (χ4n) is 2.84. The van der Waals surface area contributed by atoms with Crippen LogP contribution in [-0.2, 0) is 4.79 Å². The summed E-state index contributed by atoms with van der Waals surface area (Å²) >= 11 is 5.83. The van der Waals surface area contributed by atoms with E-state index in [9.17, 15) is 4.79 Å². The number of carbonyl (C=O) groups excluding carboxylic acids is 1. The van der Waals surface area contributed by atoms with Crippen LogP contribution >= 0.6 is 11.6 Å². The molecule has 1 fully saturated rings. The van der Waals surface area contributed by atoms with Crippen LogP contribution in [0.2, 0.25) is 0 Å². The molecule has 0 saturated heterocycles. The van der Waals surface area contributed by atoms with Gasteiger partial charge in [-0.25, -0.2) is 0 Å². The summed E-state index contributed by atoms with van der Waals surface area (Å²) in [5.41, 5.74) is -0.170. The lowest BCUT2D eigenvalue weighted by atomic mass is 9.69. The first-order valence-electron chi connectivity index (χ1n) is 6.34. The summed E-state index contributed by atoms with van der Waals surface area (Å²) in [6, 6.07) is 0. The summed E-state index contributed by atoms with van der Waals surface area (Å²) in [7, 11) is 0. The Kier molecular flexibility index (Phi) is 5.11. The minimum Gasteiger partial charge on any atom is -0.281 e. The number of hydrogen-bond donors (Lipinski definition) is 0. The van der Waals surface area contributed by atoms with Crippen LogP contribution in [0.4, 0.5) is 0 Å². The van der Waals surface area contributed by atoms with Crippen molar-refractivity contribution in [3.8, 4) is 0 Å². The topological polar surface area (TPSA) is 17.1 Å². The van der Waals surface area contributed by atoms with Crippen molar-refractivity contribution in [2.75, 3.05) is 0 Å². The zero-order valence-electron chi connectivity index (χ0n) is 10.0. The van der Waals surface area contributed by atoms with Gasteiger partial charge in [0.1, 0.15) is 0 Å². The highest BCUT2D eigenvalue weighted by Gasteiger charge is 2.39. The molecular weight excluding hydrogens is 208 g/mol. The average Bonchev–Trinajstić information content (AvgIpc) is 2.27. The highest BCUT2D eigenvalue weighted by atomic mass is 35.5. The maximum atomic E-state index is 11.7. The second-order valence-electron chi connectivity index (χ2n) is 5.00. The first kappa shape index (κ1) is 13.0. The van der Waals surface area contributed by atoms with Crippen LogP contribution in [0.5, 0.6) is 0 Å². The third-order valence-electron chi connectivity index (χ3n) is 4.06. The largest absolute Gasteiger partial charge is 0.281 e. The Balaban J connectivity index is 2.67. The van der Waals surface area contributed by atoms with E-state index in [-0.39, 0.29) is 10.7 Å². The smallest absolute Gasteiger partial charge is 0.227 e. The number of halogens is 1. The van der Waals surface area contributed by atoms with Crippen molar-refractivity contribution in [1.29, 1.82) is 0 Å². The van der Waals surface area contributed by atoms with Crippen molar-refractivity contribution < 1.29 is 4.79 Å². The summed E-state index contributed by atoms with van der Waals surface area (Å²) in [5.74, 6) is 0.672. The van der Waals surface area contributed by atoms with E-state index in [4.69, 9.17) is 11.6 Å². The molecule has 1 saturated carbocycles. The standard InChI is InChI=1S/C13H23ClO/c1-3-11(4-2)10-13(12(14)15)8-6-5-7-9-13/h11H,3-10H2,1-2H3. The van der Waals surface area contributed by atoms with Crippen molar-refractivity contribution in [1.82, 2.24) is 0 Å². The van der Waals surface area contributed by atoms with Crippen molar-refractivity contribution in [2.45, 2.75) is 65.2 Å². The van der Waals surface area contributed by atoms with Gasteiger partial charge in [0.05, 0.1) is 0 Å². The van der Waals surface area contributed by atoms with Gasteiger partial charge in [0, 0.05) is 5.41 Å². The van der Waals surface area contributed by atoms with E-state index < -0.39 is 0 Å². The molecule has 1 aliphatic carbocycles. The van der Waals surface area contributed by atoms with E-state index in [1.165, 1.54) is 32.1 Å². The van der Waals surface area contributed by atoms with E-state index in [1.807, 2.05) is 0 Å². The normalized spacial score (nSPS) is 20.5. The predicted octanol–water partition coefficient (Wildman–Crippen LogP) is 4.53. The minimum absolute atomic E-state index is 0.0749.